The molecule has 0 atom stereocenters. The predicted molar refractivity (Wildman–Crippen MR) is 89.4 cm³/mol. The third-order valence-corrected chi connectivity index (χ3v) is 4.97. The molecule has 0 spiro atoms. The first kappa shape index (κ1) is 15.2. The first-order chi connectivity index (χ1) is 10.5. The molecule has 1 aliphatic carbocycles. The van der Waals surface area contributed by atoms with Crippen molar-refractivity contribution in [3.05, 3.63) is 63.9 Å². The number of anilines is 1. The Kier molecular flexibility index (Phi) is 4.04. The molecular formula is C18H17BrFNO. The quantitative estimate of drug-likeness (QED) is 0.822. The number of benzene rings is 2. The summed E-state index contributed by atoms with van der Waals surface area (Å²) >= 11 is 3.42. The van der Waals surface area contributed by atoms with Gasteiger partial charge < -0.3 is 5.32 Å². The van der Waals surface area contributed by atoms with Gasteiger partial charge >= 0.3 is 0 Å². The first-order valence-electron chi connectivity index (χ1n) is 7.35. The molecule has 0 heterocycles. The highest BCUT2D eigenvalue weighted by molar-refractivity contribution is 9.10. The zero-order chi connectivity index (χ0) is 15.7. The van der Waals surface area contributed by atoms with E-state index in [0.717, 1.165) is 40.5 Å². The molecule has 0 aromatic heterocycles. The minimum Gasteiger partial charge on any atom is -0.325 e. The standard InChI is InChI=1S/C18H17BrFNO/c1-12-11-14(19)5-8-16(12)21-17(22)18(9-2-10-18)13-3-6-15(20)7-4-13/h3-8,11H,2,9-10H2,1H3,(H,21,22). The van der Waals surface area contributed by atoms with Gasteiger partial charge in [0.2, 0.25) is 5.91 Å². The van der Waals surface area contributed by atoms with E-state index < -0.39 is 5.41 Å². The first-order valence-corrected chi connectivity index (χ1v) is 8.14. The second-order valence-corrected chi connectivity index (χ2v) is 6.77. The molecule has 0 bridgehead atoms. The SMILES string of the molecule is Cc1cc(Br)ccc1NC(=O)C1(c2ccc(F)cc2)CCC1. The average molecular weight is 362 g/mol. The Balaban J connectivity index is 1.87. The zero-order valence-electron chi connectivity index (χ0n) is 12.3. The Labute approximate surface area is 137 Å². The van der Waals surface area contributed by atoms with Gasteiger partial charge in [-0.1, -0.05) is 34.5 Å². The molecule has 0 aliphatic heterocycles. The lowest BCUT2D eigenvalue weighted by molar-refractivity contribution is -0.124. The van der Waals surface area contributed by atoms with Gasteiger partial charge in [-0.25, -0.2) is 4.39 Å². The number of nitrogens with one attached hydrogen (secondary N) is 1. The van der Waals surface area contributed by atoms with E-state index in [0.29, 0.717) is 0 Å². The van der Waals surface area contributed by atoms with Crippen molar-refractivity contribution in [2.75, 3.05) is 5.32 Å². The summed E-state index contributed by atoms with van der Waals surface area (Å²) in [5, 5.41) is 3.04. The molecule has 0 radical (unpaired) electrons. The van der Waals surface area contributed by atoms with Crippen LogP contribution in [0.25, 0.3) is 0 Å². The molecule has 22 heavy (non-hydrogen) atoms. The van der Waals surface area contributed by atoms with Gasteiger partial charge in [-0.05, 0) is 61.2 Å². The molecular weight excluding hydrogens is 345 g/mol. The van der Waals surface area contributed by atoms with Crippen LogP contribution in [0.2, 0.25) is 0 Å². The van der Waals surface area contributed by atoms with Crippen molar-refractivity contribution in [2.24, 2.45) is 0 Å². The van der Waals surface area contributed by atoms with E-state index in [9.17, 15) is 9.18 Å². The molecule has 2 aromatic rings. The van der Waals surface area contributed by atoms with Crippen molar-refractivity contribution in [2.45, 2.75) is 31.6 Å². The van der Waals surface area contributed by atoms with Crippen LogP contribution in [0.3, 0.4) is 0 Å². The molecule has 1 fully saturated rings. The van der Waals surface area contributed by atoms with Crippen LogP contribution in [0.5, 0.6) is 0 Å². The van der Waals surface area contributed by atoms with Crippen molar-refractivity contribution in [1.82, 2.24) is 0 Å². The van der Waals surface area contributed by atoms with Gasteiger partial charge in [0.05, 0.1) is 5.41 Å². The van der Waals surface area contributed by atoms with Gasteiger partial charge in [0.25, 0.3) is 0 Å². The molecule has 4 heteroatoms. The summed E-state index contributed by atoms with van der Waals surface area (Å²) in [5.41, 5.74) is 2.21. The van der Waals surface area contributed by atoms with Crippen LogP contribution in [0.4, 0.5) is 10.1 Å². The van der Waals surface area contributed by atoms with Crippen molar-refractivity contribution in [3.63, 3.8) is 0 Å². The van der Waals surface area contributed by atoms with Crippen LogP contribution in [0.15, 0.2) is 46.9 Å². The number of carbonyl (C=O) groups excluding carboxylic acids is 1. The Morgan fingerprint density at radius 3 is 2.41 bits per heavy atom. The number of hydrogen-bond donors (Lipinski definition) is 1. The van der Waals surface area contributed by atoms with E-state index in [1.165, 1.54) is 12.1 Å². The number of aryl methyl sites for hydroxylation is 1. The van der Waals surface area contributed by atoms with E-state index in [-0.39, 0.29) is 11.7 Å². The summed E-state index contributed by atoms with van der Waals surface area (Å²) in [7, 11) is 0. The van der Waals surface area contributed by atoms with Crippen molar-refractivity contribution in [3.8, 4) is 0 Å². The highest BCUT2D eigenvalue weighted by Gasteiger charge is 2.45. The topological polar surface area (TPSA) is 29.1 Å². The third kappa shape index (κ3) is 2.68. The van der Waals surface area contributed by atoms with Crippen LogP contribution in [-0.2, 0) is 10.2 Å². The fourth-order valence-electron chi connectivity index (χ4n) is 2.96. The Hall–Kier alpha value is -1.68. The average Bonchev–Trinajstić information content (AvgIpc) is 2.43. The minimum absolute atomic E-state index is 0.00391. The number of rotatable bonds is 3. The summed E-state index contributed by atoms with van der Waals surface area (Å²) in [6.45, 7) is 1.96. The Bertz CT molecular complexity index is 708. The predicted octanol–water partition coefficient (Wildman–Crippen LogP) is 4.96. The zero-order valence-corrected chi connectivity index (χ0v) is 13.9. The van der Waals surface area contributed by atoms with Crippen LogP contribution in [0.1, 0.15) is 30.4 Å². The molecule has 0 saturated heterocycles. The van der Waals surface area contributed by atoms with Crippen molar-refractivity contribution < 1.29 is 9.18 Å². The van der Waals surface area contributed by atoms with Crippen LogP contribution < -0.4 is 5.32 Å². The lowest BCUT2D eigenvalue weighted by atomic mass is 9.63. The Morgan fingerprint density at radius 1 is 1.18 bits per heavy atom. The molecule has 114 valence electrons. The number of carbonyl (C=O) groups is 1. The highest BCUT2D eigenvalue weighted by Crippen LogP contribution is 2.44. The summed E-state index contributed by atoms with van der Waals surface area (Å²) < 4.78 is 14.1. The fraction of sp³-hybridized carbons (Fsp3) is 0.278. The molecule has 1 saturated carbocycles. The van der Waals surface area contributed by atoms with E-state index >= 15 is 0 Å². The fourth-order valence-corrected chi connectivity index (χ4v) is 3.43. The number of amides is 1. The second kappa shape index (κ2) is 5.84. The van der Waals surface area contributed by atoms with Gasteiger partial charge in [-0.3, -0.25) is 4.79 Å². The normalized spacial score (nSPS) is 16.0. The maximum Gasteiger partial charge on any atom is 0.235 e. The maximum atomic E-state index is 13.1. The highest BCUT2D eigenvalue weighted by atomic mass is 79.9. The number of halogens is 2. The molecule has 1 N–H and O–H groups in total. The van der Waals surface area contributed by atoms with E-state index in [1.54, 1.807) is 12.1 Å². The van der Waals surface area contributed by atoms with Gasteiger partial charge in [0.15, 0.2) is 0 Å². The Morgan fingerprint density at radius 2 is 1.86 bits per heavy atom. The molecule has 1 aliphatic rings. The maximum absolute atomic E-state index is 13.1. The van der Waals surface area contributed by atoms with Gasteiger partial charge in [-0.15, -0.1) is 0 Å². The lowest BCUT2D eigenvalue weighted by Gasteiger charge is -2.40. The van der Waals surface area contributed by atoms with Gasteiger partial charge in [0, 0.05) is 10.2 Å². The minimum atomic E-state index is -0.521. The van der Waals surface area contributed by atoms with Crippen molar-refractivity contribution >= 4 is 27.5 Å². The summed E-state index contributed by atoms with van der Waals surface area (Å²) in [5.74, 6) is -0.279. The van der Waals surface area contributed by atoms with E-state index in [2.05, 4.69) is 21.2 Å². The van der Waals surface area contributed by atoms with Gasteiger partial charge in [0.1, 0.15) is 5.82 Å². The lowest BCUT2D eigenvalue weighted by Crippen LogP contribution is -2.46. The van der Waals surface area contributed by atoms with Crippen LogP contribution in [0, 0.1) is 12.7 Å². The molecule has 3 rings (SSSR count). The van der Waals surface area contributed by atoms with Crippen molar-refractivity contribution in [1.29, 1.82) is 0 Å². The monoisotopic (exact) mass is 361 g/mol. The third-order valence-electron chi connectivity index (χ3n) is 4.48. The van der Waals surface area contributed by atoms with Gasteiger partial charge in [-0.2, -0.15) is 0 Å². The summed E-state index contributed by atoms with van der Waals surface area (Å²) in [6.07, 6.45) is 2.63. The molecule has 2 aromatic carbocycles. The van der Waals surface area contributed by atoms with Crippen LogP contribution >= 0.6 is 15.9 Å². The summed E-state index contributed by atoms with van der Waals surface area (Å²) in [4.78, 5) is 12.8. The van der Waals surface area contributed by atoms with E-state index in [1.807, 2.05) is 25.1 Å². The summed E-state index contributed by atoms with van der Waals surface area (Å²) in [6, 6.07) is 12.1. The van der Waals surface area contributed by atoms with Crippen LogP contribution in [-0.4, -0.2) is 5.91 Å². The molecule has 0 unspecified atom stereocenters. The largest absolute Gasteiger partial charge is 0.325 e. The smallest absolute Gasteiger partial charge is 0.235 e. The molecule has 1 amide bonds. The number of hydrogen-bond acceptors (Lipinski definition) is 1. The van der Waals surface area contributed by atoms with E-state index in [4.69, 9.17) is 0 Å². The second-order valence-electron chi connectivity index (χ2n) is 5.86. The molecule has 2 nitrogen and oxygen atoms in total.